The minimum atomic E-state index is 0.225. The van der Waals surface area contributed by atoms with Crippen LogP contribution >= 0.6 is 0 Å². The molecule has 0 saturated carbocycles. The highest BCUT2D eigenvalue weighted by Crippen LogP contribution is 2.31. The Balaban J connectivity index is 2.16. The predicted octanol–water partition coefficient (Wildman–Crippen LogP) is 2.89. The third-order valence-electron chi connectivity index (χ3n) is 4.89. The van der Waals surface area contributed by atoms with Crippen molar-refractivity contribution in [2.24, 2.45) is 5.41 Å². The van der Waals surface area contributed by atoms with Gasteiger partial charge in [0, 0.05) is 49.5 Å². The zero-order valence-electron chi connectivity index (χ0n) is 14.6. The second-order valence-electron chi connectivity index (χ2n) is 7.79. The number of aromatic nitrogens is 2. The molecule has 0 spiro atoms. The first-order chi connectivity index (χ1) is 9.77. The maximum absolute atomic E-state index is 4.42. The lowest BCUT2D eigenvalue weighted by atomic mass is 9.81. The third-order valence-corrected chi connectivity index (χ3v) is 4.89. The molecule has 21 heavy (non-hydrogen) atoms. The van der Waals surface area contributed by atoms with E-state index in [1.807, 2.05) is 10.9 Å². The van der Waals surface area contributed by atoms with E-state index in [1.165, 1.54) is 5.56 Å². The van der Waals surface area contributed by atoms with Crippen LogP contribution in [0.15, 0.2) is 12.4 Å². The second kappa shape index (κ2) is 6.09. The molecule has 1 aliphatic heterocycles. The number of piperazine rings is 1. The summed E-state index contributed by atoms with van der Waals surface area (Å²) in [7, 11) is 0. The third kappa shape index (κ3) is 3.86. The molecule has 1 saturated heterocycles. The van der Waals surface area contributed by atoms with E-state index in [-0.39, 0.29) is 11.0 Å². The molecule has 2 unspecified atom stereocenters. The molecule has 1 N–H and O–H groups in total. The van der Waals surface area contributed by atoms with E-state index >= 15 is 0 Å². The van der Waals surface area contributed by atoms with Crippen molar-refractivity contribution in [1.82, 2.24) is 20.0 Å². The van der Waals surface area contributed by atoms with Crippen molar-refractivity contribution in [1.29, 1.82) is 0 Å². The van der Waals surface area contributed by atoms with Gasteiger partial charge < -0.3 is 5.32 Å². The Morgan fingerprint density at radius 2 is 2.10 bits per heavy atom. The lowest BCUT2D eigenvalue weighted by molar-refractivity contribution is 0.0204. The van der Waals surface area contributed by atoms with E-state index in [0.717, 1.165) is 32.6 Å². The van der Waals surface area contributed by atoms with Crippen molar-refractivity contribution < 1.29 is 0 Å². The summed E-state index contributed by atoms with van der Waals surface area (Å²) >= 11 is 0. The van der Waals surface area contributed by atoms with E-state index in [4.69, 9.17) is 0 Å². The number of nitrogens with zero attached hydrogens (tertiary/aromatic N) is 3. The van der Waals surface area contributed by atoms with Crippen LogP contribution < -0.4 is 5.32 Å². The van der Waals surface area contributed by atoms with Gasteiger partial charge in [-0.3, -0.25) is 9.58 Å². The van der Waals surface area contributed by atoms with Crippen LogP contribution in [0.2, 0.25) is 0 Å². The van der Waals surface area contributed by atoms with Crippen LogP contribution in [-0.2, 0) is 13.1 Å². The summed E-state index contributed by atoms with van der Waals surface area (Å²) in [4.78, 5) is 2.65. The van der Waals surface area contributed by atoms with E-state index in [0.29, 0.717) is 6.04 Å². The summed E-state index contributed by atoms with van der Waals surface area (Å²) < 4.78 is 2.02. The van der Waals surface area contributed by atoms with Gasteiger partial charge in [0.15, 0.2) is 0 Å². The number of rotatable bonds is 4. The average molecular weight is 292 g/mol. The van der Waals surface area contributed by atoms with Crippen molar-refractivity contribution in [2.75, 3.05) is 13.1 Å². The molecule has 0 bridgehead atoms. The topological polar surface area (TPSA) is 33.1 Å². The zero-order valence-corrected chi connectivity index (χ0v) is 14.6. The highest BCUT2D eigenvalue weighted by molar-refractivity contribution is 5.07. The van der Waals surface area contributed by atoms with Crippen LogP contribution in [0.4, 0.5) is 0 Å². The van der Waals surface area contributed by atoms with Gasteiger partial charge in [0.25, 0.3) is 0 Å². The molecule has 2 heterocycles. The molecule has 2 atom stereocenters. The van der Waals surface area contributed by atoms with Crippen molar-refractivity contribution >= 4 is 0 Å². The fourth-order valence-corrected chi connectivity index (χ4v) is 3.24. The fourth-order valence-electron chi connectivity index (χ4n) is 3.24. The van der Waals surface area contributed by atoms with Gasteiger partial charge in [-0.15, -0.1) is 0 Å². The van der Waals surface area contributed by atoms with Crippen LogP contribution in [0.5, 0.6) is 0 Å². The van der Waals surface area contributed by atoms with Crippen molar-refractivity contribution in [2.45, 2.75) is 72.6 Å². The van der Waals surface area contributed by atoms with Crippen LogP contribution in [0.3, 0.4) is 0 Å². The van der Waals surface area contributed by atoms with E-state index < -0.39 is 0 Å². The summed E-state index contributed by atoms with van der Waals surface area (Å²) in [5.74, 6) is 0. The number of hydrogen-bond acceptors (Lipinski definition) is 3. The van der Waals surface area contributed by atoms with Crippen LogP contribution in [0, 0.1) is 5.41 Å². The van der Waals surface area contributed by atoms with E-state index in [2.05, 4.69) is 63.1 Å². The smallest absolute Gasteiger partial charge is 0.0534 e. The number of nitrogens with one attached hydrogen (secondary N) is 1. The van der Waals surface area contributed by atoms with Crippen molar-refractivity contribution in [3.63, 3.8) is 0 Å². The Labute approximate surface area is 129 Å². The van der Waals surface area contributed by atoms with E-state index in [1.54, 1.807) is 0 Å². The molecule has 1 aliphatic rings. The highest BCUT2D eigenvalue weighted by atomic mass is 15.3. The van der Waals surface area contributed by atoms with Gasteiger partial charge in [0.2, 0.25) is 0 Å². The second-order valence-corrected chi connectivity index (χ2v) is 7.79. The molecule has 2 rings (SSSR count). The molecule has 4 heteroatoms. The van der Waals surface area contributed by atoms with Crippen molar-refractivity contribution in [3.8, 4) is 0 Å². The minimum absolute atomic E-state index is 0.225. The maximum Gasteiger partial charge on any atom is 0.0534 e. The molecule has 0 aliphatic carbocycles. The monoisotopic (exact) mass is 292 g/mol. The summed E-state index contributed by atoms with van der Waals surface area (Å²) in [5, 5.41) is 8.19. The molecule has 0 aromatic carbocycles. The van der Waals surface area contributed by atoms with Crippen LogP contribution in [0.25, 0.3) is 0 Å². The first-order valence-corrected chi connectivity index (χ1v) is 8.28. The predicted molar refractivity (Wildman–Crippen MR) is 88.3 cm³/mol. The largest absolute Gasteiger partial charge is 0.309 e. The average Bonchev–Trinajstić information content (AvgIpc) is 2.85. The molecule has 1 aromatic heterocycles. The van der Waals surface area contributed by atoms with Gasteiger partial charge in [-0.25, -0.2) is 0 Å². The molecule has 0 radical (unpaired) electrons. The summed E-state index contributed by atoms with van der Waals surface area (Å²) in [6.45, 7) is 17.9. The number of aryl methyl sites for hydroxylation is 1. The Morgan fingerprint density at radius 3 is 2.62 bits per heavy atom. The first-order valence-electron chi connectivity index (χ1n) is 8.28. The standard InChI is InChI=1S/C17H32N4/c1-7-17(6)13-20(15(10-18-17)16(3,4)5)11-14-9-19-21(8-2)12-14/h9,12,15,18H,7-8,10-11,13H2,1-6H3. The Morgan fingerprint density at radius 1 is 1.38 bits per heavy atom. The maximum atomic E-state index is 4.42. The van der Waals surface area contributed by atoms with Gasteiger partial charge in [-0.2, -0.15) is 5.10 Å². The highest BCUT2D eigenvalue weighted by Gasteiger charge is 2.39. The Hall–Kier alpha value is -0.870. The molecular formula is C17H32N4. The molecule has 120 valence electrons. The van der Waals surface area contributed by atoms with Gasteiger partial charge in [-0.1, -0.05) is 27.7 Å². The summed E-state index contributed by atoms with van der Waals surface area (Å²) in [5.41, 5.74) is 1.83. The summed E-state index contributed by atoms with van der Waals surface area (Å²) in [6.07, 6.45) is 5.37. The molecule has 1 aromatic rings. The first kappa shape index (κ1) is 16.5. The van der Waals surface area contributed by atoms with E-state index in [9.17, 15) is 0 Å². The molecule has 1 fully saturated rings. The number of hydrogen-bond donors (Lipinski definition) is 1. The normalized spacial score (nSPS) is 28.0. The van der Waals surface area contributed by atoms with Gasteiger partial charge in [0.05, 0.1) is 6.20 Å². The Bertz CT molecular complexity index is 460. The fraction of sp³-hybridized carbons (Fsp3) is 0.824. The quantitative estimate of drug-likeness (QED) is 0.926. The minimum Gasteiger partial charge on any atom is -0.309 e. The SMILES string of the molecule is CCn1cc(CN2CC(C)(CC)NCC2C(C)(C)C)cn1. The molecular weight excluding hydrogens is 260 g/mol. The van der Waals surface area contributed by atoms with Gasteiger partial charge >= 0.3 is 0 Å². The lowest BCUT2D eigenvalue weighted by Gasteiger charge is -2.50. The van der Waals surface area contributed by atoms with Crippen LogP contribution in [0.1, 0.15) is 53.5 Å². The zero-order chi connectivity index (χ0) is 15.7. The van der Waals surface area contributed by atoms with Gasteiger partial charge in [-0.05, 0) is 25.7 Å². The van der Waals surface area contributed by atoms with Crippen LogP contribution in [-0.4, -0.2) is 39.4 Å². The lowest BCUT2D eigenvalue weighted by Crippen LogP contribution is -2.65. The summed E-state index contributed by atoms with van der Waals surface area (Å²) in [6, 6.07) is 0.558. The molecule has 0 amide bonds. The van der Waals surface area contributed by atoms with Crippen molar-refractivity contribution in [3.05, 3.63) is 18.0 Å². The van der Waals surface area contributed by atoms with Gasteiger partial charge in [0.1, 0.15) is 0 Å². The Kier molecular flexibility index (Phi) is 4.79. The molecule has 4 nitrogen and oxygen atoms in total.